The molecule has 0 aliphatic heterocycles. The highest BCUT2D eigenvalue weighted by Gasteiger charge is 2.11. The Morgan fingerprint density at radius 2 is 1.58 bits per heavy atom. The summed E-state index contributed by atoms with van der Waals surface area (Å²) >= 11 is 0. The minimum absolute atomic E-state index is 0.0441. The lowest BCUT2D eigenvalue weighted by Crippen LogP contribution is -2.04. The van der Waals surface area contributed by atoms with Gasteiger partial charge in [0.1, 0.15) is 17.5 Å². The molecule has 19 heavy (non-hydrogen) atoms. The van der Waals surface area contributed by atoms with Crippen LogP contribution in [0.2, 0.25) is 0 Å². The minimum atomic E-state index is -1.26. The molecule has 0 unspecified atom stereocenters. The maximum atomic E-state index is 13.4. The first-order chi connectivity index (χ1) is 8.99. The van der Waals surface area contributed by atoms with Crippen LogP contribution in [0.1, 0.15) is 0 Å². The van der Waals surface area contributed by atoms with Crippen molar-refractivity contribution >= 4 is 23.3 Å². The lowest BCUT2D eigenvalue weighted by molar-refractivity contribution is 0.496. The van der Waals surface area contributed by atoms with Gasteiger partial charge in [-0.2, -0.15) is 9.97 Å². The molecule has 8 heteroatoms. The number of halogens is 3. The second-order valence-electron chi connectivity index (χ2n) is 3.62. The smallest absolute Gasteiger partial charge is 0.223 e. The Morgan fingerprint density at radius 1 is 0.947 bits per heavy atom. The topological polar surface area (TPSA) is 75.9 Å². The third kappa shape index (κ3) is 2.84. The van der Waals surface area contributed by atoms with E-state index in [2.05, 4.69) is 20.6 Å². The first-order valence-corrected chi connectivity index (χ1v) is 5.23. The van der Waals surface area contributed by atoms with Crippen molar-refractivity contribution in [3.63, 3.8) is 0 Å². The number of benzene rings is 1. The predicted octanol–water partition coefficient (Wildman–Crippen LogP) is 2.26. The summed E-state index contributed by atoms with van der Waals surface area (Å²) < 4.78 is 39.3. The van der Waals surface area contributed by atoms with Crippen molar-refractivity contribution < 1.29 is 13.2 Å². The Labute approximate surface area is 106 Å². The summed E-state index contributed by atoms with van der Waals surface area (Å²) in [5.41, 5.74) is 5.20. The van der Waals surface area contributed by atoms with E-state index in [4.69, 9.17) is 5.73 Å². The Kier molecular flexibility index (Phi) is 3.41. The molecule has 0 aliphatic carbocycles. The number of nitrogens with two attached hydrogens (primary N) is 1. The van der Waals surface area contributed by atoms with E-state index in [0.29, 0.717) is 18.0 Å². The number of nitrogens with zero attached hydrogens (tertiary/aromatic N) is 2. The van der Waals surface area contributed by atoms with Gasteiger partial charge in [-0.15, -0.1) is 0 Å². The maximum Gasteiger partial charge on any atom is 0.223 e. The van der Waals surface area contributed by atoms with Crippen LogP contribution in [0.3, 0.4) is 0 Å². The Balaban J connectivity index is 2.36. The molecule has 1 heterocycles. The molecule has 1 aromatic heterocycles. The molecule has 0 fully saturated rings. The zero-order chi connectivity index (χ0) is 14.0. The van der Waals surface area contributed by atoms with E-state index in [9.17, 15) is 13.2 Å². The Bertz CT molecular complexity index is 618. The molecule has 0 atom stereocenters. The summed E-state index contributed by atoms with van der Waals surface area (Å²) in [6.45, 7) is 0. The van der Waals surface area contributed by atoms with Crippen LogP contribution in [-0.4, -0.2) is 17.0 Å². The van der Waals surface area contributed by atoms with E-state index < -0.39 is 17.5 Å². The van der Waals surface area contributed by atoms with Crippen LogP contribution in [0.4, 0.5) is 36.4 Å². The second kappa shape index (κ2) is 5.01. The zero-order valence-electron chi connectivity index (χ0n) is 9.84. The lowest BCUT2D eigenvalue weighted by atomic mass is 10.3. The number of hydrogen-bond donors (Lipinski definition) is 3. The van der Waals surface area contributed by atoms with Crippen LogP contribution >= 0.6 is 0 Å². The molecule has 5 nitrogen and oxygen atoms in total. The Hall–Kier alpha value is -2.51. The first kappa shape index (κ1) is 12.9. The summed E-state index contributed by atoms with van der Waals surface area (Å²) in [6.07, 6.45) is 0. The molecular formula is C11H10F3N5. The van der Waals surface area contributed by atoms with Gasteiger partial charge >= 0.3 is 0 Å². The van der Waals surface area contributed by atoms with Crippen molar-refractivity contribution in [1.82, 2.24) is 9.97 Å². The number of rotatable bonds is 3. The molecule has 4 N–H and O–H groups in total. The lowest BCUT2D eigenvalue weighted by Gasteiger charge is -2.09. The molecule has 0 saturated heterocycles. The van der Waals surface area contributed by atoms with Gasteiger partial charge in [-0.05, 0) is 0 Å². The summed E-state index contributed by atoms with van der Waals surface area (Å²) in [7, 11) is 1.61. The van der Waals surface area contributed by atoms with Gasteiger partial charge in [0.25, 0.3) is 0 Å². The molecular weight excluding hydrogens is 259 g/mol. The van der Waals surface area contributed by atoms with E-state index >= 15 is 0 Å². The molecule has 0 bridgehead atoms. The number of anilines is 4. The van der Waals surface area contributed by atoms with Gasteiger partial charge in [0, 0.05) is 25.2 Å². The van der Waals surface area contributed by atoms with Gasteiger partial charge in [-0.25, -0.2) is 13.2 Å². The maximum absolute atomic E-state index is 13.4. The van der Waals surface area contributed by atoms with Crippen LogP contribution in [0.15, 0.2) is 18.2 Å². The highest BCUT2D eigenvalue weighted by Crippen LogP contribution is 2.23. The molecule has 0 radical (unpaired) electrons. The minimum Gasteiger partial charge on any atom is -0.373 e. The van der Waals surface area contributed by atoms with Gasteiger partial charge in [-0.3, -0.25) is 0 Å². The molecule has 0 saturated carbocycles. The van der Waals surface area contributed by atoms with Crippen LogP contribution < -0.4 is 16.4 Å². The molecule has 2 rings (SSSR count). The predicted molar refractivity (Wildman–Crippen MR) is 65.6 cm³/mol. The van der Waals surface area contributed by atoms with Gasteiger partial charge in [0.05, 0.1) is 5.69 Å². The molecule has 0 spiro atoms. The largest absolute Gasteiger partial charge is 0.373 e. The summed E-state index contributed by atoms with van der Waals surface area (Å²) in [6, 6.07) is 2.58. The number of nitrogen functional groups attached to an aromatic ring is 1. The van der Waals surface area contributed by atoms with Crippen molar-refractivity contribution in [3.8, 4) is 0 Å². The average Bonchev–Trinajstić information content (AvgIpc) is 2.35. The number of hydrogen-bond acceptors (Lipinski definition) is 5. The summed E-state index contributed by atoms with van der Waals surface area (Å²) in [5, 5.41) is 5.23. The fourth-order valence-electron chi connectivity index (χ4n) is 1.41. The number of aromatic nitrogens is 2. The van der Waals surface area contributed by atoms with Crippen LogP contribution in [0, 0.1) is 17.5 Å². The van der Waals surface area contributed by atoms with Gasteiger partial charge in [0.15, 0.2) is 11.6 Å². The van der Waals surface area contributed by atoms with Crippen molar-refractivity contribution in [3.05, 3.63) is 35.7 Å². The van der Waals surface area contributed by atoms with Crippen LogP contribution in [0.25, 0.3) is 0 Å². The standard InChI is InChI=1S/C11H10F3N5/c1-16-9-4-10(19-11(15)18-9)17-8-3-6(13)5(12)2-7(8)14/h2-4H,1H3,(H4,15,16,17,18,19). The van der Waals surface area contributed by atoms with Crippen molar-refractivity contribution in [2.45, 2.75) is 0 Å². The van der Waals surface area contributed by atoms with E-state index in [0.717, 1.165) is 0 Å². The van der Waals surface area contributed by atoms with Crippen molar-refractivity contribution in [2.75, 3.05) is 23.4 Å². The fourth-order valence-corrected chi connectivity index (χ4v) is 1.41. The average molecular weight is 269 g/mol. The van der Waals surface area contributed by atoms with Crippen LogP contribution in [0.5, 0.6) is 0 Å². The van der Waals surface area contributed by atoms with E-state index in [1.165, 1.54) is 6.07 Å². The van der Waals surface area contributed by atoms with Gasteiger partial charge in [0.2, 0.25) is 5.95 Å². The molecule has 2 aromatic rings. The fraction of sp³-hybridized carbons (Fsp3) is 0.0909. The molecule has 0 amide bonds. The summed E-state index contributed by atoms with van der Waals surface area (Å²) in [4.78, 5) is 7.64. The normalized spacial score (nSPS) is 10.3. The van der Waals surface area contributed by atoms with Gasteiger partial charge in [-0.1, -0.05) is 0 Å². The SMILES string of the molecule is CNc1cc(Nc2cc(F)c(F)cc2F)nc(N)n1. The highest BCUT2D eigenvalue weighted by molar-refractivity contribution is 5.61. The quantitative estimate of drug-likeness (QED) is 0.745. The van der Waals surface area contributed by atoms with E-state index in [-0.39, 0.29) is 17.5 Å². The third-order valence-corrected chi connectivity index (χ3v) is 2.27. The van der Waals surface area contributed by atoms with E-state index in [1.807, 2.05) is 0 Å². The highest BCUT2D eigenvalue weighted by atomic mass is 19.2. The van der Waals surface area contributed by atoms with Crippen LogP contribution in [-0.2, 0) is 0 Å². The molecule has 1 aromatic carbocycles. The second-order valence-corrected chi connectivity index (χ2v) is 3.62. The summed E-state index contributed by atoms with van der Waals surface area (Å²) in [5.74, 6) is -2.86. The molecule has 100 valence electrons. The first-order valence-electron chi connectivity index (χ1n) is 5.23. The molecule has 0 aliphatic rings. The van der Waals surface area contributed by atoms with E-state index in [1.54, 1.807) is 7.05 Å². The van der Waals surface area contributed by atoms with Crippen molar-refractivity contribution in [2.24, 2.45) is 0 Å². The number of nitrogens with one attached hydrogen (secondary N) is 2. The third-order valence-electron chi connectivity index (χ3n) is 2.27. The van der Waals surface area contributed by atoms with Crippen molar-refractivity contribution in [1.29, 1.82) is 0 Å². The monoisotopic (exact) mass is 269 g/mol. The Morgan fingerprint density at radius 3 is 2.26 bits per heavy atom. The van der Waals surface area contributed by atoms with Gasteiger partial charge < -0.3 is 16.4 Å². The zero-order valence-corrected chi connectivity index (χ0v) is 9.84.